The van der Waals surface area contributed by atoms with Crippen LogP contribution in [0.25, 0.3) is 0 Å². The summed E-state index contributed by atoms with van der Waals surface area (Å²) in [7, 11) is 0. The van der Waals surface area contributed by atoms with Gasteiger partial charge < -0.3 is 5.32 Å². The van der Waals surface area contributed by atoms with E-state index in [0.717, 1.165) is 17.3 Å². The van der Waals surface area contributed by atoms with Gasteiger partial charge in [0.15, 0.2) is 0 Å². The van der Waals surface area contributed by atoms with E-state index in [-0.39, 0.29) is 21.5 Å². The van der Waals surface area contributed by atoms with E-state index in [4.69, 9.17) is 46.4 Å². The highest BCUT2D eigenvalue weighted by molar-refractivity contribution is 8.05. The third kappa shape index (κ3) is 5.61. The largest absolute Gasteiger partial charge is 0.321 e. The Morgan fingerprint density at radius 1 is 0.943 bits per heavy atom. The highest BCUT2D eigenvalue weighted by atomic mass is 35.5. The Morgan fingerprint density at radius 2 is 1.60 bits per heavy atom. The lowest BCUT2D eigenvalue weighted by molar-refractivity contribution is -0.117. The number of carbonyl (C=O) groups is 2. The average Bonchev–Trinajstić information content (AvgIpc) is 3.15. The number of carbonyl (C=O) groups excluding carboxylic acids is 2. The van der Waals surface area contributed by atoms with Crippen molar-refractivity contribution in [1.29, 1.82) is 5.26 Å². The Bertz CT molecular complexity index is 1390. The van der Waals surface area contributed by atoms with Crippen molar-refractivity contribution in [2.45, 2.75) is 11.7 Å². The molecule has 3 aromatic rings. The van der Waals surface area contributed by atoms with E-state index in [0.29, 0.717) is 32.9 Å². The lowest BCUT2D eigenvalue weighted by Crippen LogP contribution is -2.30. The molecule has 35 heavy (non-hydrogen) atoms. The van der Waals surface area contributed by atoms with Gasteiger partial charge in [0.25, 0.3) is 5.91 Å². The molecule has 4 rings (SSSR count). The van der Waals surface area contributed by atoms with Gasteiger partial charge in [-0.1, -0.05) is 82.4 Å². The third-order valence-electron chi connectivity index (χ3n) is 5.10. The molecule has 1 saturated heterocycles. The van der Waals surface area contributed by atoms with Gasteiger partial charge >= 0.3 is 0 Å². The third-order valence-corrected chi connectivity index (χ3v) is 7.84. The van der Waals surface area contributed by atoms with Gasteiger partial charge in [0.1, 0.15) is 16.7 Å². The highest BCUT2D eigenvalue weighted by Gasteiger charge is 2.40. The lowest BCUT2D eigenvalue weighted by Gasteiger charge is -2.18. The number of para-hydroxylation sites is 1. The molecule has 1 atom stereocenters. The maximum Gasteiger partial charge on any atom is 0.269 e. The molecular formula is C25H15Cl4N3O2S. The van der Waals surface area contributed by atoms with Crippen LogP contribution in [-0.2, 0) is 16.0 Å². The molecule has 0 aliphatic carbocycles. The monoisotopic (exact) mass is 561 g/mol. The average molecular weight is 563 g/mol. The normalized spacial score (nSPS) is 16.7. The molecular weight excluding hydrogens is 548 g/mol. The Labute approximate surface area is 226 Å². The van der Waals surface area contributed by atoms with E-state index in [1.54, 1.807) is 48.5 Å². The van der Waals surface area contributed by atoms with E-state index in [2.05, 4.69) is 5.32 Å². The molecule has 0 radical (unpaired) electrons. The molecule has 1 N–H and O–H groups in total. The van der Waals surface area contributed by atoms with Gasteiger partial charge in [-0.2, -0.15) is 5.26 Å². The van der Waals surface area contributed by atoms with E-state index >= 15 is 0 Å². The van der Waals surface area contributed by atoms with E-state index in [1.165, 1.54) is 17.0 Å². The van der Waals surface area contributed by atoms with E-state index < -0.39 is 11.2 Å². The topological polar surface area (TPSA) is 73.2 Å². The Kier molecular flexibility index (Phi) is 7.95. The number of hydrogen-bond acceptors (Lipinski definition) is 4. The molecule has 3 aromatic carbocycles. The molecule has 0 bridgehead atoms. The van der Waals surface area contributed by atoms with Crippen LogP contribution in [0, 0.1) is 11.3 Å². The van der Waals surface area contributed by atoms with Gasteiger partial charge in [0.05, 0.1) is 25.3 Å². The van der Waals surface area contributed by atoms with Gasteiger partial charge in [0, 0.05) is 11.4 Å². The summed E-state index contributed by atoms with van der Waals surface area (Å²) < 4.78 is 0. The number of benzene rings is 3. The summed E-state index contributed by atoms with van der Waals surface area (Å²) in [5.41, 5.74) is 1.52. The van der Waals surface area contributed by atoms with Crippen molar-refractivity contribution < 1.29 is 9.59 Å². The molecule has 1 aliphatic heterocycles. The summed E-state index contributed by atoms with van der Waals surface area (Å²) in [6, 6.07) is 20.6. The van der Waals surface area contributed by atoms with Gasteiger partial charge in [-0.15, -0.1) is 0 Å². The summed E-state index contributed by atoms with van der Waals surface area (Å²) in [6.07, 6.45) is 0.334. The molecule has 1 aliphatic rings. The summed E-state index contributed by atoms with van der Waals surface area (Å²) in [5.74, 6) is -0.922. The molecule has 0 saturated carbocycles. The Morgan fingerprint density at radius 3 is 2.23 bits per heavy atom. The van der Waals surface area contributed by atoms with Crippen molar-refractivity contribution in [2.75, 3.05) is 10.2 Å². The predicted octanol–water partition coefficient (Wildman–Crippen LogP) is 7.37. The fourth-order valence-electron chi connectivity index (χ4n) is 3.45. The second-order valence-electron chi connectivity index (χ2n) is 7.44. The Balaban J connectivity index is 1.71. The van der Waals surface area contributed by atoms with Crippen LogP contribution in [-0.4, -0.2) is 17.1 Å². The molecule has 10 heteroatoms. The van der Waals surface area contributed by atoms with Crippen LogP contribution in [0.4, 0.5) is 11.4 Å². The van der Waals surface area contributed by atoms with Crippen LogP contribution in [0.3, 0.4) is 0 Å². The number of hydrogen-bond donors (Lipinski definition) is 1. The smallest absolute Gasteiger partial charge is 0.269 e. The zero-order valence-corrected chi connectivity index (χ0v) is 21.6. The SMILES string of the molecule is N#C/C(C(=O)Nc1ccc(Cl)c(Cl)c1)=C1/S[C@@H](Cc2ccc(Cl)c(Cl)c2)C(=O)N1c1ccccc1. The van der Waals surface area contributed by atoms with Gasteiger partial charge in [-0.25, -0.2) is 0 Å². The lowest BCUT2D eigenvalue weighted by atomic mass is 10.1. The maximum atomic E-state index is 13.5. The second kappa shape index (κ2) is 10.9. The molecule has 0 aromatic heterocycles. The molecule has 1 fully saturated rings. The first-order chi connectivity index (χ1) is 16.8. The number of anilines is 2. The zero-order chi connectivity index (χ0) is 25.1. The number of nitrogens with zero attached hydrogens (tertiary/aromatic N) is 2. The molecule has 0 spiro atoms. The van der Waals surface area contributed by atoms with Crippen LogP contribution in [0.5, 0.6) is 0 Å². The van der Waals surface area contributed by atoms with Crippen molar-refractivity contribution in [3.8, 4) is 6.07 Å². The minimum absolute atomic E-state index is 0.199. The number of nitrogens with one attached hydrogen (secondary N) is 1. The summed E-state index contributed by atoms with van der Waals surface area (Å²) in [5, 5.41) is 13.6. The van der Waals surface area contributed by atoms with E-state index in [1.807, 2.05) is 12.1 Å². The summed E-state index contributed by atoms with van der Waals surface area (Å²) in [4.78, 5) is 28.0. The first-order valence-electron chi connectivity index (χ1n) is 10.2. The van der Waals surface area contributed by atoms with Crippen molar-refractivity contribution in [2.24, 2.45) is 0 Å². The van der Waals surface area contributed by atoms with Crippen LogP contribution in [0.1, 0.15) is 5.56 Å². The minimum Gasteiger partial charge on any atom is -0.321 e. The van der Waals surface area contributed by atoms with Crippen molar-refractivity contribution >= 4 is 81.4 Å². The minimum atomic E-state index is -0.669. The van der Waals surface area contributed by atoms with Gasteiger partial charge in [-0.05, 0) is 54.4 Å². The fourth-order valence-corrected chi connectivity index (χ4v) is 5.37. The fraction of sp³-hybridized carbons (Fsp3) is 0.0800. The number of nitriles is 1. The van der Waals surface area contributed by atoms with Gasteiger partial charge in [-0.3, -0.25) is 14.5 Å². The number of rotatable bonds is 5. The predicted molar refractivity (Wildman–Crippen MR) is 143 cm³/mol. The quantitative estimate of drug-likeness (QED) is 0.260. The number of thioether (sulfide) groups is 1. The van der Waals surface area contributed by atoms with Crippen LogP contribution >= 0.6 is 58.2 Å². The first-order valence-corrected chi connectivity index (χ1v) is 12.6. The molecule has 2 amide bonds. The standard InChI is InChI=1S/C25H15Cl4N3O2S/c26-18-8-6-14(10-20(18)28)11-22-24(34)32(16-4-2-1-3-5-16)25(35-22)17(13-30)23(33)31-15-7-9-19(27)21(29)12-15/h1-10,12,22H,11H2,(H,31,33)/b25-17-/t22-/m0/s1. The van der Waals surface area contributed by atoms with Crippen molar-refractivity contribution in [3.63, 3.8) is 0 Å². The Hall–Kier alpha value is -2.66. The van der Waals surface area contributed by atoms with Crippen molar-refractivity contribution in [3.05, 3.63) is 103 Å². The maximum absolute atomic E-state index is 13.5. The van der Waals surface area contributed by atoms with Crippen LogP contribution in [0.2, 0.25) is 20.1 Å². The second-order valence-corrected chi connectivity index (χ2v) is 10.3. The molecule has 1 heterocycles. The number of amides is 2. The highest BCUT2D eigenvalue weighted by Crippen LogP contribution is 2.42. The summed E-state index contributed by atoms with van der Waals surface area (Å²) in [6.45, 7) is 0. The van der Waals surface area contributed by atoms with Crippen LogP contribution in [0.15, 0.2) is 77.3 Å². The molecule has 0 unspecified atom stereocenters. The van der Waals surface area contributed by atoms with Crippen LogP contribution < -0.4 is 10.2 Å². The van der Waals surface area contributed by atoms with E-state index in [9.17, 15) is 14.9 Å². The molecule has 176 valence electrons. The van der Waals surface area contributed by atoms with Crippen molar-refractivity contribution in [1.82, 2.24) is 0 Å². The molecule has 5 nitrogen and oxygen atoms in total. The first kappa shape index (κ1) is 25.4. The van der Waals surface area contributed by atoms with Gasteiger partial charge in [0.2, 0.25) is 5.91 Å². The number of halogens is 4. The summed E-state index contributed by atoms with van der Waals surface area (Å²) >= 11 is 25.3. The zero-order valence-electron chi connectivity index (χ0n) is 17.8.